The number of likely N-dealkylation sites (tertiary alicyclic amines) is 1. The first-order chi connectivity index (χ1) is 14.0. The van der Waals surface area contributed by atoms with E-state index in [1.165, 1.54) is 22.3 Å². The van der Waals surface area contributed by atoms with Crippen molar-refractivity contribution in [1.82, 2.24) is 4.90 Å². The predicted molar refractivity (Wildman–Crippen MR) is 110 cm³/mol. The molecule has 1 heterocycles. The molecule has 2 fully saturated rings. The minimum absolute atomic E-state index is 0.171. The summed E-state index contributed by atoms with van der Waals surface area (Å²) < 4.78 is 6.39. The van der Waals surface area contributed by atoms with Crippen LogP contribution in [-0.4, -0.2) is 35.6 Å². The first-order valence-corrected chi connectivity index (χ1v) is 10.9. The topological polar surface area (TPSA) is 49.8 Å². The van der Waals surface area contributed by atoms with E-state index in [0.29, 0.717) is 5.41 Å². The van der Waals surface area contributed by atoms with Gasteiger partial charge in [-0.15, -0.1) is 0 Å². The molecule has 29 heavy (non-hydrogen) atoms. The third kappa shape index (κ3) is 2.88. The fourth-order valence-electron chi connectivity index (χ4n) is 5.94. The summed E-state index contributed by atoms with van der Waals surface area (Å²) in [6.07, 6.45) is 6.23. The lowest BCUT2D eigenvalue weighted by Crippen LogP contribution is -2.58. The van der Waals surface area contributed by atoms with Crippen molar-refractivity contribution < 1.29 is 14.6 Å². The monoisotopic (exact) mass is 389 g/mol. The highest BCUT2D eigenvalue weighted by molar-refractivity contribution is 5.78. The Kier molecular flexibility index (Phi) is 3.68. The van der Waals surface area contributed by atoms with Gasteiger partial charge in [0.05, 0.1) is 5.41 Å². The van der Waals surface area contributed by atoms with Crippen molar-refractivity contribution in [3.8, 4) is 5.75 Å². The van der Waals surface area contributed by atoms with Crippen molar-refractivity contribution in [2.24, 2.45) is 10.8 Å². The second-order valence-corrected chi connectivity index (χ2v) is 9.86. The molecule has 3 aliphatic carbocycles. The Morgan fingerprint density at radius 1 is 1.07 bits per heavy atom. The normalized spacial score (nSPS) is 25.3. The first-order valence-electron chi connectivity index (χ1n) is 10.9. The number of rotatable bonds is 5. The van der Waals surface area contributed by atoms with Crippen LogP contribution in [0.25, 0.3) is 0 Å². The predicted octanol–water partition coefficient (Wildman–Crippen LogP) is 4.02. The van der Waals surface area contributed by atoms with Gasteiger partial charge in [-0.25, -0.2) is 0 Å². The minimum atomic E-state index is -0.608. The van der Waals surface area contributed by atoms with Crippen LogP contribution in [0.2, 0.25) is 0 Å². The lowest BCUT2D eigenvalue weighted by molar-refractivity contribution is -0.145. The molecule has 1 saturated carbocycles. The van der Waals surface area contributed by atoms with Gasteiger partial charge in [-0.3, -0.25) is 4.79 Å². The summed E-state index contributed by atoms with van der Waals surface area (Å²) in [5.41, 5.74) is 5.51. The van der Waals surface area contributed by atoms with E-state index in [9.17, 15) is 9.90 Å². The molecule has 150 valence electrons. The average Bonchev–Trinajstić information content (AvgIpc) is 3.21. The van der Waals surface area contributed by atoms with Crippen molar-refractivity contribution in [3.63, 3.8) is 0 Å². The molecule has 0 amide bonds. The Morgan fingerprint density at radius 3 is 2.66 bits per heavy atom. The van der Waals surface area contributed by atoms with Crippen molar-refractivity contribution in [2.75, 3.05) is 19.6 Å². The number of carboxylic acids is 1. The van der Waals surface area contributed by atoms with Gasteiger partial charge in [-0.05, 0) is 72.9 Å². The number of nitrogens with zero attached hydrogens (tertiary/aromatic N) is 1. The maximum absolute atomic E-state index is 11.5. The zero-order chi connectivity index (χ0) is 19.6. The quantitative estimate of drug-likeness (QED) is 0.839. The summed E-state index contributed by atoms with van der Waals surface area (Å²) in [6, 6.07) is 15.3. The van der Waals surface area contributed by atoms with E-state index in [0.717, 1.165) is 63.9 Å². The number of ether oxygens (including phenoxy) is 1. The highest BCUT2D eigenvalue weighted by atomic mass is 16.5. The van der Waals surface area contributed by atoms with E-state index < -0.39 is 11.4 Å². The molecule has 1 N–H and O–H groups in total. The lowest BCUT2D eigenvalue weighted by Gasteiger charge is -2.49. The summed E-state index contributed by atoms with van der Waals surface area (Å²) in [5, 5.41) is 9.44. The number of hydrogen-bond donors (Lipinski definition) is 1. The van der Waals surface area contributed by atoms with Gasteiger partial charge in [0.1, 0.15) is 11.9 Å². The maximum Gasteiger partial charge on any atom is 0.310 e. The summed E-state index contributed by atoms with van der Waals surface area (Å²) >= 11 is 0. The summed E-state index contributed by atoms with van der Waals surface area (Å²) in [4.78, 5) is 13.8. The Balaban J connectivity index is 1.12. The van der Waals surface area contributed by atoms with Crippen LogP contribution >= 0.6 is 0 Å². The fraction of sp³-hybridized carbons (Fsp3) is 0.480. The molecule has 2 aromatic carbocycles. The average molecular weight is 389 g/mol. The number of benzene rings is 2. The van der Waals surface area contributed by atoms with Gasteiger partial charge < -0.3 is 14.7 Å². The molecule has 0 bridgehead atoms. The number of carboxylic acid groups (broad SMARTS) is 1. The minimum Gasteiger partial charge on any atom is -0.486 e. The summed E-state index contributed by atoms with van der Waals surface area (Å²) in [5.74, 6) is 0.380. The molecule has 1 unspecified atom stereocenters. The van der Waals surface area contributed by atoms with Crippen LogP contribution in [0.1, 0.15) is 47.6 Å². The van der Waals surface area contributed by atoms with Gasteiger partial charge in [-0.1, -0.05) is 30.3 Å². The highest BCUT2D eigenvalue weighted by Gasteiger charge is 2.55. The second kappa shape index (κ2) is 6.09. The van der Waals surface area contributed by atoms with Crippen LogP contribution in [0.4, 0.5) is 0 Å². The maximum atomic E-state index is 11.5. The molecular formula is C25H27NO3. The molecule has 6 rings (SSSR count). The van der Waals surface area contributed by atoms with Crippen molar-refractivity contribution in [3.05, 3.63) is 64.7 Å². The van der Waals surface area contributed by atoms with Crippen LogP contribution in [-0.2, 0) is 24.1 Å². The van der Waals surface area contributed by atoms with Crippen LogP contribution in [0.3, 0.4) is 0 Å². The van der Waals surface area contributed by atoms with E-state index in [2.05, 4.69) is 47.4 Å². The molecule has 2 aromatic rings. The zero-order valence-corrected chi connectivity index (χ0v) is 16.7. The van der Waals surface area contributed by atoms with Gasteiger partial charge in [-0.2, -0.15) is 0 Å². The van der Waals surface area contributed by atoms with Gasteiger partial charge in [0, 0.05) is 25.0 Å². The molecule has 0 radical (unpaired) electrons. The van der Waals surface area contributed by atoms with Crippen molar-refractivity contribution >= 4 is 5.97 Å². The van der Waals surface area contributed by atoms with Crippen LogP contribution in [0.5, 0.6) is 5.75 Å². The Morgan fingerprint density at radius 2 is 1.86 bits per heavy atom. The molecular weight excluding hydrogens is 362 g/mol. The van der Waals surface area contributed by atoms with Crippen molar-refractivity contribution in [1.29, 1.82) is 0 Å². The number of fused-ring (bicyclic) bond motifs is 2. The smallest absolute Gasteiger partial charge is 0.310 e. The molecule has 0 aromatic heterocycles. The zero-order valence-electron chi connectivity index (χ0n) is 16.7. The lowest BCUT2D eigenvalue weighted by atomic mass is 9.76. The molecule has 1 spiro atoms. The first kappa shape index (κ1) is 17.5. The number of aryl methyl sites for hydroxylation is 1. The van der Waals surface area contributed by atoms with Gasteiger partial charge in [0.25, 0.3) is 0 Å². The number of aliphatic carboxylic acids is 1. The third-order valence-corrected chi connectivity index (χ3v) is 7.62. The van der Waals surface area contributed by atoms with Crippen LogP contribution < -0.4 is 4.74 Å². The SMILES string of the molecule is O=C(O)C1(CN2CC3(Cc4ccc(OC5CCc6ccccc65)cc4C3)C2)CC1. The molecule has 1 saturated heterocycles. The fourth-order valence-corrected chi connectivity index (χ4v) is 5.94. The summed E-state index contributed by atoms with van der Waals surface area (Å²) in [6.45, 7) is 2.79. The molecule has 4 nitrogen and oxygen atoms in total. The third-order valence-electron chi connectivity index (χ3n) is 7.62. The largest absolute Gasteiger partial charge is 0.486 e. The van der Waals surface area contributed by atoms with E-state index in [1.54, 1.807) is 0 Å². The molecule has 4 heteroatoms. The van der Waals surface area contributed by atoms with Gasteiger partial charge in [0.15, 0.2) is 0 Å². The molecule has 4 aliphatic rings. The van der Waals surface area contributed by atoms with Gasteiger partial charge >= 0.3 is 5.97 Å². The van der Waals surface area contributed by atoms with E-state index in [1.807, 2.05) is 0 Å². The Hall–Kier alpha value is -2.33. The number of carbonyl (C=O) groups is 1. The highest BCUT2D eigenvalue weighted by Crippen LogP contribution is 2.51. The Labute approximate surface area is 171 Å². The van der Waals surface area contributed by atoms with Crippen molar-refractivity contribution in [2.45, 2.75) is 44.6 Å². The van der Waals surface area contributed by atoms with E-state index in [-0.39, 0.29) is 6.10 Å². The van der Waals surface area contributed by atoms with Gasteiger partial charge in [0.2, 0.25) is 0 Å². The van der Waals surface area contributed by atoms with Crippen LogP contribution in [0, 0.1) is 10.8 Å². The molecule has 1 aliphatic heterocycles. The molecule has 1 atom stereocenters. The van der Waals surface area contributed by atoms with Crippen LogP contribution in [0.15, 0.2) is 42.5 Å². The number of hydrogen-bond acceptors (Lipinski definition) is 3. The van der Waals surface area contributed by atoms with E-state index >= 15 is 0 Å². The summed E-state index contributed by atoms with van der Waals surface area (Å²) in [7, 11) is 0. The standard InChI is InChI=1S/C25H27NO3/c27-23(28)25(9-10-25)16-26-14-24(15-26)12-18-5-7-20(11-19(18)13-24)29-22-8-6-17-3-1-2-4-21(17)22/h1-5,7,11,22H,6,8-10,12-16H2,(H,27,28). The van der Waals surface area contributed by atoms with E-state index in [4.69, 9.17) is 4.74 Å². The second-order valence-electron chi connectivity index (χ2n) is 9.86. The Bertz CT molecular complexity index is 987.